The van der Waals surface area contributed by atoms with Gasteiger partial charge < -0.3 is 9.72 Å². The number of hydrogen-bond donors (Lipinski definition) is 1. The second kappa shape index (κ2) is 7.04. The van der Waals surface area contributed by atoms with Gasteiger partial charge in [0.2, 0.25) is 0 Å². The average molecular weight is 360 g/mol. The highest BCUT2D eigenvalue weighted by atomic mass is 35.5. The molecule has 0 saturated carbocycles. The van der Waals surface area contributed by atoms with Gasteiger partial charge in [0.05, 0.1) is 6.61 Å². The van der Waals surface area contributed by atoms with E-state index in [4.69, 9.17) is 16.3 Å². The molecule has 1 unspecified atom stereocenters. The smallest absolute Gasteiger partial charge is 0.355 e. The zero-order valence-corrected chi connectivity index (χ0v) is 15.4. The minimum Gasteiger partial charge on any atom is -0.461 e. The molecular formula is C20H22ClNO3. The molecule has 0 saturated heterocycles. The monoisotopic (exact) mass is 359 g/mol. The van der Waals surface area contributed by atoms with Gasteiger partial charge in [-0.2, -0.15) is 0 Å². The number of nitrogens with one attached hydrogen (secondary N) is 1. The number of ether oxygens (including phenoxy) is 1. The van der Waals surface area contributed by atoms with E-state index in [1.165, 1.54) is 0 Å². The highest BCUT2D eigenvalue weighted by Crippen LogP contribution is 2.35. The lowest BCUT2D eigenvalue weighted by Gasteiger charge is -2.22. The number of H-pyrrole nitrogens is 1. The Bertz CT molecular complexity index is 805. The van der Waals surface area contributed by atoms with Crippen molar-refractivity contribution in [3.8, 4) is 0 Å². The SMILES string of the molecule is Cc1c(C(=O)OCC(C)C)[nH]c2c1C(=O)CC(c1ccc(Cl)cc1)C2. The molecule has 0 spiro atoms. The Morgan fingerprint density at radius 2 is 1.96 bits per heavy atom. The van der Waals surface area contributed by atoms with Crippen LogP contribution in [0, 0.1) is 12.8 Å². The normalized spacial score (nSPS) is 16.8. The van der Waals surface area contributed by atoms with Crippen LogP contribution in [0.15, 0.2) is 24.3 Å². The zero-order valence-electron chi connectivity index (χ0n) is 14.7. The van der Waals surface area contributed by atoms with Crippen LogP contribution in [0.2, 0.25) is 5.02 Å². The Kier molecular flexibility index (Phi) is 5.00. The van der Waals surface area contributed by atoms with Crippen molar-refractivity contribution < 1.29 is 14.3 Å². The van der Waals surface area contributed by atoms with Crippen LogP contribution in [-0.2, 0) is 11.2 Å². The summed E-state index contributed by atoms with van der Waals surface area (Å²) in [6.07, 6.45) is 1.13. The summed E-state index contributed by atoms with van der Waals surface area (Å²) in [4.78, 5) is 28.1. The van der Waals surface area contributed by atoms with Crippen molar-refractivity contribution in [2.24, 2.45) is 5.92 Å². The molecule has 1 aromatic carbocycles. The Morgan fingerprint density at radius 1 is 1.28 bits per heavy atom. The van der Waals surface area contributed by atoms with E-state index < -0.39 is 5.97 Å². The van der Waals surface area contributed by atoms with Crippen LogP contribution >= 0.6 is 11.6 Å². The first-order chi connectivity index (χ1) is 11.9. The number of carbonyl (C=O) groups excluding carboxylic acids is 2. The zero-order chi connectivity index (χ0) is 18.1. The summed E-state index contributed by atoms with van der Waals surface area (Å²) in [5, 5.41) is 0.678. The van der Waals surface area contributed by atoms with Gasteiger partial charge in [-0.1, -0.05) is 37.6 Å². The lowest BCUT2D eigenvalue weighted by atomic mass is 9.81. The molecule has 1 heterocycles. The lowest BCUT2D eigenvalue weighted by Crippen LogP contribution is -2.18. The molecule has 0 aliphatic heterocycles. The molecule has 132 valence electrons. The fourth-order valence-electron chi connectivity index (χ4n) is 3.32. The maximum atomic E-state index is 12.7. The summed E-state index contributed by atoms with van der Waals surface area (Å²) in [7, 11) is 0. The standard InChI is InChI=1S/C20H22ClNO3/c1-11(2)10-25-20(24)19-12(3)18-16(22-19)8-14(9-17(18)23)13-4-6-15(21)7-5-13/h4-7,11,14,22H,8-10H2,1-3H3. The average Bonchev–Trinajstić information content (AvgIpc) is 2.90. The van der Waals surface area contributed by atoms with E-state index in [2.05, 4.69) is 4.98 Å². The van der Waals surface area contributed by atoms with Crippen LogP contribution in [-0.4, -0.2) is 23.3 Å². The molecule has 0 bridgehead atoms. The van der Waals surface area contributed by atoms with E-state index in [-0.39, 0.29) is 17.6 Å². The van der Waals surface area contributed by atoms with Crippen LogP contribution in [0.5, 0.6) is 0 Å². The third kappa shape index (κ3) is 3.64. The van der Waals surface area contributed by atoms with Crippen LogP contribution in [0.25, 0.3) is 0 Å². The molecule has 4 nitrogen and oxygen atoms in total. The third-order valence-electron chi connectivity index (χ3n) is 4.58. The maximum absolute atomic E-state index is 12.7. The van der Waals surface area contributed by atoms with Gasteiger partial charge in [-0.3, -0.25) is 4.79 Å². The molecule has 1 atom stereocenters. The Hall–Kier alpha value is -2.07. The van der Waals surface area contributed by atoms with Gasteiger partial charge in [0.25, 0.3) is 0 Å². The summed E-state index contributed by atoms with van der Waals surface area (Å²) in [5.41, 5.74) is 3.66. The molecule has 1 aromatic heterocycles. The van der Waals surface area contributed by atoms with E-state index in [0.29, 0.717) is 41.3 Å². The minimum atomic E-state index is -0.392. The molecule has 5 heteroatoms. The first kappa shape index (κ1) is 17.7. The molecule has 1 aliphatic rings. The Morgan fingerprint density at radius 3 is 2.60 bits per heavy atom. The molecule has 2 aromatic rings. The maximum Gasteiger partial charge on any atom is 0.355 e. The number of esters is 1. The quantitative estimate of drug-likeness (QED) is 0.805. The van der Waals surface area contributed by atoms with Crippen molar-refractivity contribution in [3.05, 3.63) is 57.4 Å². The predicted molar refractivity (Wildman–Crippen MR) is 97.5 cm³/mol. The second-order valence-corrected chi connectivity index (χ2v) is 7.49. The number of aromatic amines is 1. The van der Waals surface area contributed by atoms with E-state index >= 15 is 0 Å². The van der Waals surface area contributed by atoms with Crippen molar-refractivity contribution >= 4 is 23.4 Å². The van der Waals surface area contributed by atoms with E-state index in [0.717, 1.165) is 11.3 Å². The molecule has 1 N–H and O–H groups in total. The lowest BCUT2D eigenvalue weighted by molar-refractivity contribution is 0.0451. The molecular weight excluding hydrogens is 338 g/mol. The van der Waals surface area contributed by atoms with Gasteiger partial charge in [0.1, 0.15) is 5.69 Å². The molecule has 0 amide bonds. The van der Waals surface area contributed by atoms with E-state index in [1.807, 2.05) is 45.0 Å². The highest BCUT2D eigenvalue weighted by molar-refractivity contribution is 6.30. The fourth-order valence-corrected chi connectivity index (χ4v) is 3.45. The van der Waals surface area contributed by atoms with E-state index in [1.54, 1.807) is 0 Å². The number of rotatable bonds is 4. The summed E-state index contributed by atoms with van der Waals surface area (Å²) < 4.78 is 5.31. The Balaban J connectivity index is 1.86. The number of aromatic nitrogens is 1. The summed E-state index contributed by atoms with van der Waals surface area (Å²) in [6, 6.07) is 7.59. The number of ketones is 1. The summed E-state index contributed by atoms with van der Waals surface area (Å²) in [5.74, 6) is 0.0360. The number of halogens is 1. The summed E-state index contributed by atoms with van der Waals surface area (Å²) >= 11 is 5.95. The molecule has 0 radical (unpaired) electrons. The molecule has 0 fully saturated rings. The topological polar surface area (TPSA) is 59.2 Å². The van der Waals surface area contributed by atoms with Crippen LogP contribution in [0.4, 0.5) is 0 Å². The highest BCUT2D eigenvalue weighted by Gasteiger charge is 2.32. The molecule has 25 heavy (non-hydrogen) atoms. The van der Waals surface area contributed by atoms with Gasteiger partial charge in [-0.25, -0.2) is 4.79 Å². The van der Waals surface area contributed by atoms with Gasteiger partial charge in [-0.15, -0.1) is 0 Å². The van der Waals surface area contributed by atoms with Gasteiger partial charge >= 0.3 is 5.97 Å². The number of fused-ring (bicyclic) bond motifs is 1. The van der Waals surface area contributed by atoms with Crippen molar-refractivity contribution in [1.29, 1.82) is 0 Å². The first-order valence-corrected chi connectivity index (χ1v) is 8.91. The number of carbonyl (C=O) groups is 2. The van der Waals surface area contributed by atoms with E-state index in [9.17, 15) is 9.59 Å². The summed E-state index contributed by atoms with van der Waals surface area (Å²) in [6.45, 7) is 6.14. The fraction of sp³-hybridized carbons (Fsp3) is 0.400. The largest absolute Gasteiger partial charge is 0.461 e. The minimum absolute atomic E-state index is 0.0675. The molecule has 1 aliphatic carbocycles. The Labute approximate surface area is 152 Å². The van der Waals surface area contributed by atoms with Gasteiger partial charge in [-0.05, 0) is 48.4 Å². The van der Waals surface area contributed by atoms with Crippen molar-refractivity contribution in [2.75, 3.05) is 6.61 Å². The predicted octanol–water partition coefficient (Wildman–Crippen LogP) is 4.70. The van der Waals surface area contributed by atoms with Crippen LogP contribution in [0.1, 0.15) is 63.9 Å². The number of benzene rings is 1. The number of hydrogen-bond acceptors (Lipinski definition) is 3. The first-order valence-electron chi connectivity index (χ1n) is 8.54. The van der Waals surface area contributed by atoms with Crippen molar-refractivity contribution in [3.63, 3.8) is 0 Å². The van der Waals surface area contributed by atoms with Crippen LogP contribution < -0.4 is 0 Å². The van der Waals surface area contributed by atoms with Crippen molar-refractivity contribution in [2.45, 2.75) is 39.5 Å². The van der Waals surface area contributed by atoms with Crippen LogP contribution in [0.3, 0.4) is 0 Å². The second-order valence-electron chi connectivity index (χ2n) is 7.05. The molecule has 3 rings (SSSR count). The number of Topliss-reactive ketones (excluding diaryl/α,β-unsaturated/α-hetero) is 1. The van der Waals surface area contributed by atoms with Gasteiger partial charge in [0.15, 0.2) is 5.78 Å². The third-order valence-corrected chi connectivity index (χ3v) is 4.83. The van der Waals surface area contributed by atoms with Gasteiger partial charge in [0, 0.05) is 22.7 Å². The van der Waals surface area contributed by atoms with Crippen molar-refractivity contribution in [1.82, 2.24) is 4.98 Å².